The lowest BCUT2D eigenvalue weighted by atomic mass is 10.3. The lowest BCUT2D eigenvalue weighted by molar-refractivity contribution is 0.150. The second-order valence-corrected chi connectivity index (χ2v) is 3.22. The van der Waals surface area contributed by atoms with Crippen molar-refractivity contribution in [2.45, 2.75) is 6.43 Å². The molecule has 0 saturated carbocycles. The molecule has 0 amide bonds. The molecule has 0 unspecified atom stereocenters. The highest BCUT2D eigenvalue weighted by atomic mass is 79.9. The second-order valence-electron chi connectivity index (χ2n) is 2.02. The molecule has 1 heterocycles. The van der Waals surface area contributed by atoms with Crippen LogP contribution >= 0.6 is 27.5 Å². The van der Waals surface area contributed by atoms with Crippen molar-refractivity contribution >= 4 is 33.3 Å². The maximum Gasteiger partial charge on any atom is 0.266 e. The molecule has 1 aromatic rings. The van der Waals surface area contributed by atoms with E-state index in [0.717, 1.165) is 6.20 Å². The molecule has 2 nitrogen and oxygen atoms in total. The van der Waals surface area contributed by atoms with E-state index >= 15 is 0 Å². The summed E-state index contributed by atoms with van der Waals surface area (Å²) in [6.07, 6.45) is -1.56. The van der Waals surface area contributed by atoms with Gasteiger partial charge in [-0.3, -0.25) is 0 Å². The number of halogens is 4. The second kappa shape index (κ2) is 3.53. The topological polar surface area (TPSA) is 38.9 Å². The van der Waals surface area contributed by atoms with E-state index < -0.39 is 6.43 Å². The summed E-state index contributed by atoms with van der Waals surface area (Å²) in [5.41, 5.74) is 4.96. The number of nitrogens with zero attached hydrogens (tertiary/aromatic N) is 1. The van der Waals surface area contributed by atoms with Crippen molar-refractivity contribution in [2.75, 3.05) is 5.73 Å². The summed E-state index contributed by atoms with van der Waals surface area (Å²) in [5.74, 6) is 0.00898. The van der Waals surface area contributed by atoms with Crippen LogP contribution in [0.1, 0.15) is 12.0 Å². The zero-order chi connectivity index (χ0) is 9.30. The van der Waals surface area contributed by atoms with Gasteiger partial charge in [0.25, 0.3) is 6.43 Å². The first kappa shape index (κ1) is 9.67. The molecule has 0 saturated heterocycles. The van der Waals surface area contributed by atoms with Crippen molar-refractivity contribution in [1.29, 1.82) is 0 Å². The van der Waals surface area contributed by atoms with Gasteiger partial charge in [0.1, 0.15) is 5.82 Å². The number of nitrogens with two attached hydrogens (primary N) is 1. The van der Waals surface area contributed by atoms with Crippen LogP contribution in [0.15, 0.2) is 10.7 Å². The molecule has 6 heteroatoms. The fraction of sp³-hybridized carbons (Fsp3) is 0.167. The molecule has 12 heavy (non-hydrogen) atoms. The van der Waals surface area contributed by atoms with Crippen molar-refractivity contribution < 1.29 is 8.78 Å². The van der Waals surface area contributed by atoms with E-state index in [9.17, 15) is 8.78 Å². The Balaban J connectivity index is 3.33. The van der Waals surface area contributed by atoms with Crippen LogP contribution in [-0.2, 0) is 0 Å². The lowest BCUT2D eigenvalue weighted by Crippen LogP contribution is -1.97. The van der Waals surface area contributed by atoms with Crippen LogP contribution in [0, 0.1) is 0 Å². The van der Waals surface area contributed by atoms with Crippen LogP contribution in [0.4, 0.5) is 14.6 Å². The first-order chi connectivity index (χ1) is 5.54. The van der Waals surface area contributed by atoms with E-state index in [1.807, 2.05) is 0 Å². The summed E-state index contributed by atoms with van der Waals surface area (Å²) in [7, 11) is 0. The number of hydrogen-bond acceptors (Lipinski definition) is 2. The highest BCUT2D eigenvalue weighted by Crippen LogP contribution is 2.35. The normalized spacial score (nSPS) is 10.8. The zero-order valence-electron chi connectivity index (χ0n) is 5.69. The van der Waals surface area contributed by atoms with Gasteiger partial charge in [-0.25, -0.2) is 13.8 Å². The maximum atomic E-state index is 12.3. The minimum absolute atomic E-state index is 0.00898. The Hall–Kier alpha value is -0.420. The first-order valence-electron chi connectivity index (χ1n) is 2.91. The summed E-state index contributed by atoms with van der Waals surface area (Å²) in [5, 5.41) is -0.0916. The Labute approximate surface area is 80.9 Å². The van der Waals surface area contributed by atoms with Crippen molar-refractivity contribution in [3.63, 3.8) is 0 Å². The monoisotopic (exact) mass is 256 g/mol. The van der Waals surface area contributed by atoms with Gasteiger partial charge in [-0.2, -0.15) is 0 Å². The van der Waals surface area contributed by atoms with Crippen LogP contribution in [0.2, 0.25) is 5.02 Å². The van der Waals surface area contributed by atoms with Gasteiger partial charge >= 0.3 is 0 Å². The molecule has 0 bridgehead atoms. The van der Waals surface area contributed by atoms with Crippen molar-refractivity contribution in [1.82, 2.24) is 4.98 Å². The number of nitrogen functional groups attached to an aromatic ring is 1. The molecule has 0 aliphatic carbocycles. The summed E-state index contributed by atoms with van der Waals surface area (Å²) in [6, 6.07) is 0. The summed E-state index contributed by atoms with van der Waals surface area (Å²) < 4.78 is 24.6. The third-order valence-corrected chi connectivity index (χ3v) is 2.39. The number of aromatic nitrogens is 1. The standard InChI is InChI=1S/C6H4BrClF2N2/c7-4-3(5(9)10)2(8)1-12-6(4)11/h1,5H,(H2,11,12). The van der Waals surface area contributed by atoms with Gasteiger partial charge in [0, 0.05) is 6.20 Å². The molecule has 0 spiro atoms. The number of hydrogen-bond donors (Lipinski definition) is 1. The van der Waals surface area contributed by atoms with Crippen molar-refractivity contribution in [3.8, 4) is 0 Å². The Kier molecular flexibility index (Phi) is 2.85. The smallest absolute Gasteiger partial charge is 0.266 e. The highest BCUT2D eigenvalue weighted by Gasteiger charge is 2.18. The molecule has 2 N–H and O–H groups in total. The van der Waals surface area contributed by atoms with Gasteiger partial charge in [-0.1, -0.05) is 11.6 Å². The molecule has 1 rings (SSSR count). The van der Waals surface area contributed by atoms with E-state index in [-0.39, 0.29) is 20.9 Å². The quantitative estimate of drug-likeness (QED) is 0.840. The average Bonchev–Trinajstić information content (AvgIpc) is 1.97. The fourth-order valence-electron chi connectivity index (χ4n) is 0.695. The Bertz CT molecular complexity index is 306. The first-order valence-corrected chi connectivity index (χ1v) is 4.08. The number of anilines is 1. The van der Waals surface area contributed by atoms with Crippen molar-refractivity contribution in [3.05, 3.63) is 21.3 Å². The minimum atomic E-state index is -2.66. The van der Waals surface area contributed by atoms with E-state index in [2.05, 4.69) is 20.9 Å². The van der Waals surface area contributed by atoms with Gasteiger partial charge in [0.05, 0.1) is 15.1 Å². The molecule has 1 aromatic heterocycles. The molecule has 66 valence electrons. The van der Waals surface area contributed by atoms with Crippen LogP contribution in [-0.4, -0.2) is 4.98 Å². The van der Waals surface area contributed by atoms with Gasteiger partial charge in [0.15, 0.2) is 0 Å². The van der Waals surface area contributed by atoms with E-state index in [0.29, 0.717) is 0 Å². The van der Waals surface area contributed by atoms with E-state index in [1.54, 1.807) is 0 Å². The molecule has 0 aliphatic heterocycles. The Morgan fingerprint density at radius 3 is 2.58 bits per heavy atom. The number of pyridine rings is 1. The Morgan fingerprint density at radius 2 is 2.17 bits per heavy atom. The van der Waals surface area contributed by atoms with Crippen LogP contribution in [0.5, 0.6) is 0 Å². The zero-order valence-corrected chi connectivity index (χ0v) is 8.03. The van der Waals surface area contributed by atoms with E-state index in [1.165, 1.54) is 0 Å². The molecule has 0 aliphatic rings. The Morgan fingerprint density at radius 1 is 1.58 bits per heavy atom. The lowest BCUT2D eigenvalue weighted by Gasteiger charge is -2.06. The van der Waals surface area contributed by atoms with Crippen LogP contribution in [0.25, 0.3) is 0 Å². The van der Waals surface area contributed by atoms with E-state index in [4.69, 9.17) is 17.3 Å². The van der Waals surface area contributed by atoms with Gasteiger partial charge < -0.3 is 5.73 Å². The highest BCUT2D eigenvalue weighted by molar-refractivity contribution is 9.10. The van der Waals surface area contributed by atoms with Crippen LogP contribution < -0.4 is 5.73 Å². The predicted octanol–water partition coefficient (Wildman–Crippen LogP) is 3.02. The molecule has 0 radical (unpaired) electrons. The molecule has 0 fully saturated rings. The van der Waals surface area contributed by atoms with Crippen molar-refractivity contribution in [2.24, 2.45) is 0 Å². The largest absolute Gasteiger partial charge is 0.383 e. The summed E-state index contributed by atoms with van der Waals surface area (Å²) in [4.78, 5) is 3.59. The molecular weight excluding hydrogens is 253 g/mol. The fourth-order valence-corrected chi connectivity index (χ4v) is 1.52. The molecule has 0 aromatic carbocycles. The van der Waals surface area contributed by atoms with Gasteiger partial charge in [-0.05, 0) is 15.9 Å². The average molecular weight is 257 g/mol. The van der Waals surface area contributed by atoms with Crippen LogP contribution in [0.3, 0.4) is 0 Å². The summed E-state index contributed by atoms with van der Waals surface area (Å²) >= 11 is 8.35. The maximum absolute atomic E-state index is 12.3. The van der Waals surface area contributed by atoms with Gasteiger partial charge in [-0.15, -0.1) is 0 Å². The number of rotatable bonds is 1. The minimum Gasteiger partial charge on any atom is -0.383 e. The molecular formula is C6H4BrClF2N2. The number of alkyl halides is 2. The third-order valence-electron chi connectivity index (χ3n) is 1.25. The van der Waals surface area contributed by atoms with Gasteiger partial charge in [0.2, 0.25) is 0 Å². The third kappa shape index (κ3) is 1.67. The summed E-state index contributed by atoms with van der Waals surface area (Å²) in [6.45, 7) is 0. The molecule has 0 atom stereocenters. The SMILES string of the molecule is Nc1ncc(Cl)c(C(F)F)c1Br. The predicted molar refractivity (Wildman–Crippen MR) is 46.3 cm³/mol.